The van der Waals surface area contributed by atoms with E-state index in [2.05, 4.69) is 58.1 Å². The first-order valence-electron chi connectivity index (χ1n) is 9.71. The minimum absolute atomic E-state index is 0.112. The molecule has 0 amide bonds. The van der Waals surface area contributed by atoms with Gasteiger partial charge < -0.3 is 4.52 Å². The second-order valence-electron chi connectivity index (χ2n) is 8.18. The Morgan fingerprint density at radius 3 is 2.47 bits per heavy atom. The van der Waals surface area contributed by atoms with Crippen molar-refractivity contribution in [3.8, 4) is 17.2 Å². The fourth-order valence-corrected chi connectivity index (χ4v) is 3.77. The third kappa shape index (κ3) is 4.43. The molecule has 0 radical (unpaired) electrons. The van der Waals surface area contributed by atoms with E-state index in [0.717, 1.165) is 27.8 Å². The Kier molecular flexibility index (Phi) is 5.42. The second kappa shape index (κ2) is 8.02. The summed E-state index contributed by atoms with van der Waals surface area (Å²) in [5.41, 5.74) is 4.31. The van der Waals surface area contributed by atoms with Crippen LogP contribution in [0, 0.1) is 13.8 Å². The Bertz CT molecular complexity index is 1160. The zero-order valence-electron chi connectivity index (χ0n) is 17.7. The fourth-order valence-electron chi connectivity index (χ4n) is 3.07. The SMILES string of the molecule is Cc1cc(C)n(-c2cc(SCc3nc(-c4ccc(C(C)(C)C)cc4)no3)ncn2)n1. The summed E-state index contributed by atoms with van der Waals surface area (Å²) >= 11 is 1.52. The number of benzene rings is 1. The van der Waals surface area contributed by atoms with Crippen molar-refractivity contribution in [2.45, 2.75) is 50.8 Å². The van der Waals surface area contributed by atoms with E-state index in [4.69, 9.17) is 4.52 Å². The Labute approximate surface area is 180 Å². The standard InChI is InChI=1S/C22H24N6OS/c1-14-10-15(2)28(26-14)18-11-20(24-13-23-18)30-12-19-25-21(27-29-19)16-6-8-17(9-7-16)22(3,4)5/h6-11,13H,12H2,1-5H3. The normalized spacial score (nSPS) is 11.8. The van der Waals surface area contributed by atoms with Crippen molar-refractivity contribution in [3.63, 3.8) is 0 Å². The summed E-state index contributed by atoms with van der Waals surface area (Å²) in [6, 6.07) is 12.2. The third-order valence-electron chi connectivity index (χ3n) is 4.67. The van der Waals surface area contributed by atoms with Crippen molar-refractivity contribution in [1.29, 1.82) is 0 Å². The van der Waals surface area contributed by atoms with Gasteiger partial charge in [-0.05, 0) is 30.9 Å². The smallest absolute Gasteiger partial charge is 0.237 e. The van der Waals surface area contributed by atoms with Crippen LogP contribution in [-0.4, -0.2) is 29.9 Å². The molecule has 0 aliphatic rings. The highest BCUT2D eigenvalue weighted by atomic mass is 32.2. The highest BCUT2D eigenvalue weighted by Gasteiger charge is 2.15. The van der Waals surface area contributed by atoms with Crippen molar-refractivity contribution < 1.29 is 4.52 Å². The summed E-state index contributed by atoms with van der Waals surface area (Å²) < 4.78 is 7.25. The van der Waals surface area contributed by atoms with Crippen molar-refractivity contribution in [2.75, 3.05) is 0 Å². The van der Waals surface area contributed by atoms with Gasteiger partial charge in [0.15, 0.2) is 5.82 Å². The van der Waals surface area contributed by atoms with Crippen LogP contribution in [0.4, 0.5) is 0 Å². The molecule has 3 heterocycles. The van der Waals surface area contributed by atoms with E-state index in [9.17, 15) is 0 Å². The molecule has 8 heteroatoms. The van der Waals surface area contributed by atoms with Gasteiger partial charge in [-0.15, -0.1) is 0 Å². The van der Waals surface area contributed by atoms with Gasteiger partial charge in [0.25, 0.3) is 0 Å². The molecule has 0 saturated heterocycles. The maximum atomic E-state index is 5.43. The van der Waals surface area contributed by atoms with Crippen LogP contribution < -0.4 is 0 Å². The first-order chi connectivity index (χ1) is 14.3. The monoisotopic (exact) mass is 420 g/mol. The number of hydrogen-bond acceptors (Lipinski definition) is 7. The Balaban J connectivity index is 1.45. The van der Waals surface area contributed by atoms with Crippen LogP contribution in [0.15, 0.2) is 52.3 Å². The number of aromatic nitrogens is 6. The summed E-state index contributed by atoms with van der Waals surface area (Å²) in [6.07, 6.45) is 1.55. The van der Waals surface area contributed by atoms with Crippen LogP contribution in [-0.2, 0) is 11.2 Å². The van der Waals surface area contributed by atoms with Gasteiger partial charge in [-0.2, -0.15) is 10.1 Å². The summed E-state index contributed by atoms with van der Waals surface area (Å²) in [5.74, 6) is 2.42. The van der Waals surface area contributed by atoms with E-state index in [-0.39, 0.29) is 5.41 Å². The van der Waals surface area contributed by atoms with E-state index < -0.39 is 0 Å². The van der Waals surface area contributed by atoms with E-state index >= 15 is 0 Å². The lowest BCUT2D eigenvalue weighted by atomic mass is 9.87. The van der Waals surface area contributed by atoms with Crippen LogP contribution in [0.1, 0.15) is 43.6 Å². The Morgan fingerprint density at radius 2 is 1.80 bits per heavy atom. The molecule has 7 nitrogen and oxygen atoms in total. The first kappa shape index (κ1) is 20.3. The Hall–Kier alpha value is -3.00. The van der Waals surface area contributed by atoms with Crippen LogP contribution in [0.2, 0.25) is 0 Å². The molecular weight excluding hydrogens is 396 g/mol. The van der Waals surface area contributed by atoms with Crippen LogP contribution in [0.5, 0.6) is 0 Å². The van der Waals surface area contributed by atoms with Gasteiger partial charge in [0.05, 0.1) is 11.4 Å². The molecule has 0 aliphatic heterocycles. The van der Waals surface area contributed by atoms with Gasteiger partial charge in [0.2, 0.25) is 11.7 Å². The number of rotatable bonds is 5. The molecule has 0 bridgehead atoms. The molecule has 0 spiro atoms. The molecule has 0 fully saturated rings. The molecule has 0 atom stereocenters. The molecule has 154 valence electrons. The summed E-state index contributed by atoms with van der Waals surface area (Å²) in [5, 5.41) is 9.42. The van der Waals surface area contributed by atoms with Crippen molar-refractivity contribution >= 4 is 11.8 Å². The summed E-state index contributed by atoms with van der Waals surface area (Å²) in [7, 11) is 0. The zero-order chi connectivity index (χ0) is 21.3. The molecule has 0 N–H and O–H groups in total. The number of aryl methyl sites for hydroxylation is 2. The third-order valence-corrected chi connectivity index (χ3v) is 5.59. The van der Waals surface area contributed by atoms with Crippen LogP contribution in [0.25, 0.3) is 17.2 Å². The van der Waals surface area contributed by atoms with Gasteiger partial charge in [0.1, 0.15) is 11.4 Å². The molecule has 0 aliphatic carbocycles. The van der Waals surface area contributed by atoms with Crippen molar-refractivity contribution in [3.05, 3.63) is 65.6 Å². The number of hydrogen-bond donors (Lipinski definition) is 0. The van der Waals surface area contributed by atoms with E-state index in [1.165, 1.54) is 17.3 Å². The second-order valence-corrected chi connectivity index (χ2v) is 9.18. The molecular formula is C22H24N6OS. The number of thioether (sulfide) groups is 1. The van der Waals surface area contributed by atoms with E-state index in [1.807, 2.05) is 42.8 Å². The maximum absolute atomic E-state index is 5.43. The van der Waals surface area contributed by atoms with E-state index in [1.54, 1.807) is 6.33 Å². The van der Waals surface area contributed by atoms with Gasteiger partial charge in [-0.3, -0.25) is 0 Å². The van der Waals surface area contributed by atoms with Crippen molar-refractivity contribution in [1.82, 2.24) is 29.9 Å². The highest BCUT2D eigenvalue weighted by Crippen LogP contribution is 2.26. The quantitative estimate of drug-likeness (QED) is 0.335. The van der Waals surface area contributed by atoms with Gasteiger partial charge in [-0.1, -0.05) is 62.0 Å². The molecule has 30 heavy (non-hydrogen) atoms. The van der Waals surface area contributed by atoms with E-state index in [0.29, 0.717) is 17.5 Å². The zero-order valence-corrected chi connectivity index (χ0v) is 18.6. The molecule has 3 aromatic heterocycles. The summed E-state index contributed by atoms with van der Waals surface area (Å²) in [6.45, 7) is 10.5. The molecule has 4 rings (SSSR count). The minimum atomic E-state index is 0.112. The molecule has 4 aromatic rings. The fraction of sp³-hybridized carbons (Fsp3) is 0.318. The predicted molar refractivity (Wildman–Crippen MR) is 117 cm³/mol. The lowest BCUT2D eigenvalue weighted by Crippen LogP contribution is -2.10. The molecule has 0 unspecified atom stereocenters. The predicted octanol–water partition coefficient (Wildman–Crippen LogP) is 4.92. The summed E-state index contributed by atoms with van der Waals surface area (Å²) in [4.78, 5) is 13.2. The minimum Gasteiger partial charge on any atom is -0.338 e. The molecule has 1 aromatic carbocycles. The average Bonchev–Trinajstić information content (AvgIpc) is 3.32. The van der Waals surface area contributed by atoms with Gasteiger partial charge in [0, 0.05) is 17.3 Å². The van der Waals surface area contributed by atoms with Gasteiger partial charge >= 0.3 is 0 Å². The lowest BCUT2D eigenvalue weighted by Gasteiger charge is -2.18. The maximum Gasteiger partial charge on any atom is 0.237 e. The Morgan fingerprint density at radius 1 is 1.03 bits per heavy atom. The van der Waals surface area contributed by atoms with Crippen LogP contribution >= 0.6 is 11.8 Å². The highest BCUT2D eigenvalue weighted by molar-refractivity contribution is 7.98. The van der Waals surface area contributed by atoms with Crippen LogP contribution in [0.3, 0.4) is 0 Å². The number of nitrogens with zero attached hydrogens (tertiary/aromatic N) is 6. The molecule has 0 saturated carbocycles. The first-order valence-corrected chi connectivity index (χ1v) is 10.7. The topological polar surface area (TPSA) is 82.5 Å². The van der Waals surface area contributed by atoms with Crippen molar-refractivity contribution in [2.24, 2.45) is 0 Å². The average molecular weight is 421 g/mol. The lowest BCUT2D eigenvalue weighted by molar-refractivity contribution is 0.391. The van der Waals surface area contributed by atoms with Gasteiger partial charge in [-0.25, -0.2) is 14.6 Å². The largest absolute Gasteiger partial charge is 0.338 e.